The van der Waals surface area contributed by atoms with Gasteiger partial charge in [0, 0.05) is 7.05 Å². The molecule has 0 radical (unpaired) electrons. The van der Waals surface area contributed by atoms with Crippen LogP contribution in [-0.4, -0.2) is 44.1 Å². The molecule has 0 aromatic heterocycles. The molecular weight excluding hydrogens is 235 g/mol. The molecule has 0 bridgehead atoms. The standard InChI is InChI=1S/C13H19FN2O2/c1-10(15-2)13(17)16(3)8-9-18-12-7-5-4-6-11(12)14/h4-7,10,15H,8-9H2,1-3H3. The third kappa shape index (κ3) is 4.00. The molecular formula is C13H19FN2O2. The number of halogens is 1. The highest BCUT2D eigenvalue weighted by Gasteiger charge is 2.15. The van der Waals surface area contributed by atoms with Gasteiger partial charge in [-0.05, 0) is 26.1 Å². The van der Waals surface area contributed by atoms with E-state index >= 15 is 0 Å². The van der Waals surface area contributed by atoms with Gasteiger partial charge in [0.1, 0.15) is 6.61 Å². The van der Waals surface area contributed by atoms with E-state index < -0.39 is 5.82 Å². The molecule has 1 N–H and O–H groups in total. The van der Waals surface area contributed by atoms with E-state index in [2.05, 4.69) is 5.32 Å². The van der Waals surface area contributed by atoms with E-state index in [0.29, 0.717) is 6.54 Å². The summed E-state index contributed by atoms with van der Waals surface area (Å²) in [5.74, 6) is -0.204. The highest BCUT2D eigenvalue weighted by Crippen LogP contribution is 2.14. The van der Waals surface area contributed by atoms with E-state index in [0.717, 1.165) is 0 Å². The van der Waals surface area contributed by atoms with Crippen molar-refractivity contribution < 1.29 is 13.9 Å². The highest BCUT2D eigenvalue weighted by molar-refractivity contribution is 5.81. The van der Waals surface area contributed by atoms with Crippen molar-refractivity contribution in [3.8, 4) is 5.75 Å². The Morgan fingerprint density at radius 1 is 1.50 bits per heavy atom. The minimum Gasteiger partial charge on any atom is -0.489 e. The first kappa shape index (κ1) is 14.4. The van der Waals surface area contributed by atoms with Crippen molar-refractivity contribution in [2.75, 3.05) is 27.2 Å². The SMILES string of the molecule is CNC(C)C(=O)N(C)CCOc1ccccc1F. The number of rotatable bonds is 6. The lowest BCUT2D eigenvalue weighted by atomic mass is 10.3. The highest BCUT2D eigenvalue weighted by atomic mass is 19.1. The Morgan fingerprint density at radius 2 is 2.17 bits per heavy atom. The molecule has 0 saturated heterocycles. The maximum Gasteiger partial charge on any atom is 0.239 e. The van der Waals surface area contributed by atoms with Gasteiger partial charge in [-0.15, -0.1) is 0 Å². The molecule has 0 heterocycles. The number of carbonyl (C=O) groups excluding carboxylic acids is 1. The van der Waals surface area contributed by atoms with Crippen LogP contribution in [0.15, 0.2) is 24.3 Å². The second-order valence-corrected chi connectivity index (χ2v) is 4.05. The summed E-state index contributed by atoms with van der Waals surface area (Å²) in [5.41, 5.74) is 0. The molecule has 0 aliphatic rings. The van der Waals surface area contributed by atoms with Crippen molar-refractivity contribution in [1.29, 1.82) is 0 Å². The van der Waals surface area contributed by atoms with Crippen molar-refractivity contribution in [3.05, 3.63) is 30.1 Å². The number of carbonyl (C=O) groups is 1. The molecule has 1 unspecified atom stereocenters. The van der Waals surface area contributed by atoms with Gasteiger partial charge in [-0.2, -0.15) is 0 Å². The van der Waals surface area contributed by atoms with Crippen LogP contribution >= 0.6 is 0 Å². The Kier molecular flexibility index (Phi) is 5.58. The third-order valence-corrected chi connectivity index (χ3v) is 2.70. The molecule has 0 aliphatic carbocycles. The second kappa shape index (κ2) is 6.96. The van der Waals surface area contributed by atoms with E-state index in [1.807, 2.05) is 0 Å². The van der Waals surface area contributed by atoms with Crippen LogP contribution in [-0.2, 0) is 4.79 Å². The summed E-state index contributed by atoms with van der Waals surface area (Å²) in [6.07, 6.45) is 0. The lowest BCUT2D eigenvalue weighted by molar-refractivity contribution is -0.131. The van der Waals surface area contributed by atoms with Crippen LogP contribution in [0.4, 0.5) is 4.39 Å². The van der Waals surface area contributed by atoms with Gasteiger partial charge in [0.05, 0.1) is 12.6 Å². The van der Waals surface area contributed by atoms with Gasteiger partial charge >= 0.3 is 0 Å². The van der Waals surface area contributed by atoms with Crippen molar-refractivity contribution in [1.82, 2.24) is 10.2 Å². The number of hydrogen-bond donors (Lipinski definition) is 1. The van der Waals surface area contributed by atoms with Crippen molar-refractivity contribution in [3.63, 3.8) is 0 Å². The molecule has 1 rings (SSSR count). The molecule has 1 amide bonds. The largest absolute Gasteiger partial charge is 0.489 e. The molecule has 100 valence electrons. The monoisotopic (exact) mass is 254 g/mol. The third-order valence-electron chi connectivity index (χ3n) is 2.70. The van der Waals surface area contributed by atoms with E-state index in [4.69, 9.17) is 4.74 Å². The van der Waals surface area contributed by atoms with Gasteiger partial charge in [-0.1, -0.05) is 12.1 Å². The molecule has 1 aromatic rings. The molecule has 0 spiro atoms. The van der Waals surface area contributed by atoms with Gasteiger partial charge in [0.2, 0.25) is 5.91 Å². The molecule has 1 aromatic carbocycles. The quantitative estimate of drug-likeness (QED) is 0.831. The molecule has 1 atom stereocenters. The van der Waals surface area contributed by atoms with Crippen LogP contribution in [0.3, 0.4) is 0 Å². The van der Waals surface area contributed by atoms with Crippen LogP contribution in [0.25, 0.3) is 0 Å². The predicted molar refractivity (Wildman–Crippen MR) is 68.1 cm³/mol. The first-order valence-electron chi connectivity index (χ1n) is 5.86. The fourth-order valence-electron chi connectivity index (χ4n) is 1.42. The van der Waals surface area contributed by atoms with Crippen LogP contribution in [0.1, 0.15) is 6.92 Å². The van der Waals surface area contributed by atoms with Crippen molar-refractivity contribution in [2.45, 2.75) is 13.0 Å². The topological polar surface area (TPSA) is 41.6 Å². The lowest BCUT2D eigenvalue weighted by Crippen LogP contribution is -2.43. The lowest BCUT2D eigenvalue weighted by Gasteiger charge is -2.21. The van der Waals surface area contributed by atoms with Crippen molar-refractivity contribution in [2.24, 2.45) is 0 Å². The number of benzene rings is 1. The number of hydrogen-bond acceptors (Lipinski definition) is 3. The van der Waals surface area contributed by atoms with E-state index in [1.165, 1.54) is 6.07 Å². The summed E-state index contributed by atoms with van der Waals surface area (Å²) in [7, 11) is 3.42. The Morgan fingerprint density at radius 3 is 2.78 bits per heavy atom. The number of amides is 1. The summed E-state index contributed by atoms with van der Waals surface area (Å²) < 4.78 is 18.5. The summed E-state index contributed by atoms with van der Waals surface area (Å²) >= 11 is 0. The molecule has 4 nitrogen and oxygen atoms in total. The maximum atomic E-state index is 13.2. The minimum atomic E-state index is -0.393. The zero-order valence-corrected chi connectivity index (χ0v) is 10.9. The number of para-hydroxylation sites is 1. The second-order valence-electron chi connectivity index (χ2n) is 4.05. The number of likely N-dealkylation sites (N-methyl/N-ethyl adjacent to an activating group) is 2. The first-order valence-corrected chi connectivity index (χ1v) is 5.86. The minimum absolute atomic E-state index is 0.0189. The van der Waals surface area contributed by atoms with Crippen LogP contribution in [0, 0.1) is 5.82 Å². The summed E-state index contributed by atoms with van der Waals surface area (Å²) in [6.45, 7) is 2.47. The number of nitrogens with one attached hydrogen (secondary N) is 1. The Bertz CT molecular complexity index is 398. The van der Waals surface area contributed by atoms with Crippen molar-refractivity contribution >= 4 is 5.91 Å². The molecule has 5 heteroatoms. The summed E-state index contributed by atoms with van der Waals surface area (Å²) in [5, 5.41) is 2.87. The number of ether oxygens (including phenoxy) is 1. The van der Waals surface area contributed by atoms with E-state index in [9.17, 15) is 9.18 Å². The van der Waals surface area contributed by atoms with Gasteiger partial charge < -0.3 is 15.0 Å². The van der Waals surface area contributed by atoms with E-state index in [1.54, 1.807) is 44.1 Å². The zero-order valence-electron chi connectivity index (χ0n) is 10.9. The van der Waals surface area contributed by atoms with Crippen LogP contribution in [0.5, 0.6) is 5.75 Å². The average molecular weight is 254 g/mol. The maximum absolute atomic E-state index is 13.2. The Balaban J connectivity index is 2.38. The van der Waals surface area contributed by atoms with Gasteiger partial charge in [-0.3, -0.25) is 4.79 Å². The van der Waals surface area contributed by atoms with Gasteiger partial charge in [0.15, 0.2) is 11.6 Å². The smallest absolute Gasteiger partial charge is 0.239 e. The summed E-state index contributed by atoms with van der Waals surface area (Å²) in [4.78, 5) is 13.3. The summed E-state index contributed by atoms with van der Waals surface area (Å²) in [6, 6.07) is 5.98. The normalized spacial score (nSPS) is 12.0. The first-order chi connectivity index (χ1) is 8.56. The fraction of sp³-hybridized carbons (Fsp3) is 0.462. The Hall–Kier alpha value is -1.62. The van der Waals surface area contributed by atoms with Gasteiger partial charge in [-0.25, -0.2) is 4.39 Å². The molecule has 0 aliphatic heterocycles. The predicted octanol–water partition coefficient (Wildman–Crippen LogP) is 1.27. The van der Waals surface area contributed by atoms with E-state index in [-0.39, 0.29) is 24.3 Å². The molecule has 18 heavy (non-hydrogen) atoms. The number of nitrogens with zero attached hydrogens (tertiary/aromatic N) is 1. The van der Waals surface area contributed by atoms with Crippen LogP contribution < -0.4 is 10.1 Å². The van der Waals surface area contributed by atoms with Gasteiger partial charge in [0.25, 0.3) is 0 Å². The molecule has 0 saturated carbocycles. The van der Waals surface area contributed by atoms with Crippen LogP contribution in [0.2, 0.25) is 0 Å². The Labute approximate surface area is 107 Å². The average Bonchev–Trinajstić information content (AvgIpc) is 2.39. The zero-order chi connectivity index (χ0) is 13.5. The fourth-order valence-corrected chi connectivity index (χ4v) is 1.42. The molecule has 0 fully saturated rings.